The average Bonchev–Trinajstić information content (AvgIpc) is 2.96. The molecule has 0 saturated heterocycles. The molecule has 4 rings (SSSR count). The van der Waals surface area contributed by atoms with E-state index in [9.17, 15) is 19.2 Å². The third-order valence-electron chi connectivity index (χ3n) is 5.25. The predicted molar refractivity (Wildman–Crippen MR) is 172 cm³/mol. The molecule has 2 aromatic heterocycles. The molecule has 0 fully saturated rings. The molecule has 4 aromatic rings. The maximum Gasteiger partial charge on any atom is 0.335 e. The first-order valence-corrected chi connectivity index (χ1v) is 13.8. The number of benzene rings is 2. The molecule has 0 spiro atoms. The van der Waals surface area contributed by atoms with Crippen molar-refractivity contribution in [2.24, 2.45) is 0 Å². The Kier molecular flexibility index (Phi) is 15.0. The number of carboxylic acid groups (broad SMARTS) is 2. The molecule has 15 heteroatoms. The topological polar surface area (TPSA) is 178 Å². The summed E-state index contributed by atoms with van der Waals surface area (Å²) >= 11 is 11.5. The first kappa shape index (κ1) is 37.0. The minimum atomic E-state index is -0.981. The first-order valence-electron chi connectivity index (χ1n) is 11.9. The van der Waals surface area contributed by atoms with Crippen molar-refractivity contribution in [3.8, 4) is 0 Å². The van der Waals surface area contributed by atoms with Gasteiger partial charge in [0.05, 0.1) is 30.0 Å². The second-order valence-electron chi connectivity index (χ2n) is 8.34. The SMILES string of the molecule is C.O=C(O)c1cccc(CCl)c1.[C-]#[N+]c1c(C)[nH]c(=S)[nH]c1=O.[C-]#[N+]c1c(C)nc(SCc2cccc(C(=O)O)c2)[nH]c1=O. The molecule has 0 aliphatic rings. The third-order valence-corrected chi connectivity index (χ3v) is 6.70. The number of aromatic carboxylic acids is 2. The van der Waals surface area contributed by atoms with Crippen LogP contribution in [0.2, 0.25) is 0 Å². The van der Waals surface area contributed by atoms with Crippen LogP contribution >= 0.6 is 35.6 Å². The summed E-state index contributed by atoms with van der Waals surface area (Å²) in [4.78, 5) is 61.8. The van der Waals surface area contributed by atoms with E-state index < -0.39 is 23.1 Å². The molecule has 0 amide bonds. The number of carboxylic acids is 2. The third kappa shape index (κ3) is 11.0. The number of aromatic nitrogens is 4. The van der Waals surface area contributed by atoms with Crippen molar-refractivity contribution < 1.29 is 19.8 Å². The Morgan fingerprint density at radius 3 is 1.91 bits per heavy atom. The summed E-state index contributed by atoms with van der Waals surface area (Å²) in [5, 5.41) is 17.9. The minimum absolute atomic E-state index is 0. The molecule has 0 aliphatic carbocycles. The number of rotatable bonds is 6. The zero-order valence-electron chi connectivity index (χ0n) is 22.6. The number of hydrogen-bond donors (Lipinski definition) is 5. The Morgan fingerprint density at radius 2 is 1.43 bits per heavy atom. The number of nitrogens with one attached hydrogen (secondary N) is 3. The fourth-order valence-electron chi connectivity index (χ4n) is 3.22. The lowest BCUT2D eigenvalue weighted by Gasteiger charge is -2.04. The van der Waals surface area contributed by atoms with Gasteiger partial charge in [-0.1, -0.05) is 43.5 Å². The summed E-state index contributed by atoms with van der Waals surface area (Å²) < 4.78 is 0.250. The van der Waals surface area contributed by atoms with Crippen molar-refractivity contribution in [3.63, 3.8) is 0 Å². The lowest BCUT2D eigenvalue weighted by Crippen LogP contribution is -2.09. The zero-order chi connectivity index (χ0) is 32.1. The van der Waals surface area contributed by atoms with E-state index in [-0.39, 0.29) is 34.7 Å². The number of halogens is 1. The maximum atomic E-state index is 11.6. The monoisotopic (exact) mass is 654 g/mol. The number of aromatic amines is 3. The number of nitrogens with zero attached hydrogens (tertiary/aromatic N) is 3. The van der Waals surface area contributed by atoms with Gasteiger partial charge >= 0.3 is 11.9 Å². The highest BCUT2D eigenvalue weighted by Gasteiger charge is 2.09. The molecule has 2 aromatic carbocycles. The maximum absolute atomic E-state index is 11.6. The highest BCUT2D eigenvalue weighted by atomic mass is 35.5. The fourth-order valence-corrected chi connectivity index (χ4v) is 4.48. The van der Waals surface area contributed by atoms with Gasteiger partial charge in [0.25, 0.3) is 22.5 Å². The van der Waals surface area contributed by atoms with Gasteiger partial charge in [0.15, 0.2) is 9.93 Å². The lowest BCUT2D eigenvalue weighted by molar-refractivity contribution is 0.0686. The normalized spacial score (nSPS) is 9.48. The van der Waals surface area contributed by atoms with E-state index in [4.69, 9.17) is 35.0 Å². The van der Waals surface area contributed by atoms with Crippen LogP contribution in [0, 0.1) is 31.8 Å². The largest absolute Gasteiger partial charge is 0.478 e. The Balaban J connectivity index is 0.000000357. The van der Waals surface area contributed by atoms with Crippen molar-refractivity contribution in [3.05, 3.63) is 130 Å². The molecular weight excluding hydrogens is 628 g/mol. The first-order chi connectivity index (χ1) is 20.4. The molecule has 0 aliphatic heterocycles. The summed E-state index contributed by atoms with van der Waals surface area (Å²) in [6, 6.07) is 13.1. The fraction of sp³-hybridized carbons (Fsp3) is 0.172. The van der Waals surface area contributed by atoms with Crippen LogP contribution in [0.15, 0.2) is 63.3 Å². The van der Waals surface area contributed by atoms with E-state index in [1.807, 2.05) is 0 Å². The van der Waals surface area contributed by atoms with E-state index in [1.165, 1.54) is 17.8 Å². The van der Waals surface area contributed by atoms with Crippen molar-refractivity contribution in [1.82, 2.24) is 19.9 Å². The number of alkyl halides is 1. The predicted octanol–water partition coefficient (Wildman–Crippen LogP) is 6.67. The van der Waals surface area contributed by atoms with Gasteiger partial charge in [-0.3, -0.25) is 9.59 Å². The molecule has 228 valence electrons. The molecule has 44 heavy (non-hydrogen) atoms. The van der Waals surface area contributed by atoms with Crippen LogP contribution in [0.25, 0.3) is 9.69 Å². The number of H-pyrrole nitrogens is 3. The Hall–Kier alpha value is -5.02. The van der Waals surface area contributed by atoms with E-state index in [0.717, 1.165) is 11.1 Å². The van der Waals surface area contributed by atoms with Crippen LogP contribution < -0.4 is 11.1 Å². The Bertz CT molecular complexity index is 1910. The molecule has 0 saturated carbocycles. The van der Waals surface area contributed by atoms with Gasteiger partial charge in [-0.15, -0.1) is 11.6 Å². The minimum Gasteiger partial charge on any atom is -0.478 e. The van der Waals surface area contributed by atoms with Crippen molar-refractivity contribution in [2.75, 3.05) is 0 Å². The Labute approximate surface area is 266 Å². The van der Waals surface area contributed by atoms with Gasteiger partial charge in [-0.25, -0.2) is 24.3 Å². The van der Waals surface area contributed by atoms with Gasteiger partial charge in [-0.05, 0) is 61.5 Å². The zero-order valence-corrected chi connectivity index (χ0v) is 25.0. The molecule has 0 radical (unpaired) electrons. The Morgan fingerprint density at radius 1 is 0.909 bits per heavy atom. The van der Waals surface area contributed by atoms with Gasteiger partial charge < -0.3 is 25.2 Å². The molecule has 5 N–H and O–H groups in total. The van der Waals surface area contributed by atoms with Gasteiger partial charge in [0.2, 0.25) is 0 Å². The lowest BCUT2D eigenvalue weighted by atomic mass is 10.1. The van der Waals surface area contributed by atoms with Crippen molar-refractivity contribution in [2.45, 2.75) is 38.1 Å². The average molecular weight is 655 g/mol. The summed E-state index contributed by atoms with van der Waals surface area (Å²) in [7, 11) is 0. The standard InChI is InChI=1S/C14H11N3O3S.C8H7ClO2.C6H5N3OS.CH4/c1-8-11(15-2)12(18)17-14(16-8)21-7-9-4-3-5-10(6-9)13(19)20;9-5-6-2-1-3-7(4-6)8(10)11;1-3-4(7-2)5(10)9-6(11)8-3;/h3-6H,7H2,1H3,(H,19,20)(H,16,17,18);1-4H,5H2,(H,10,11);1H3,(H2,8,9,10,11);1H4. The van der Waals surface area contributed by atoms with E-state index in [2.05, 4.69) is 41.8 Å². The summed E-state index contributed by atoms with van der Waals surface area (Å²) in [6.07, 6.45) is 0. The van der Waals surface area contributed by atoms with E-state index in [0.29, 0.717) is 28.2 Å². The molecule has 0 atom stereocenters. The summed E-state index contributed by atoms with van der Waals surface area (Å²) in [6.45, 7) is 16.8. The van der Waals surface area contributed by atoms with Crippen LogP contribution in [-0.2, 0) is 11.6 Å². The van der Waals surface area contributed by atoms with Crippen LogP contribution in [0.1, 0.15) is 50.7 Å². The molecule has 2 heterocycles. The quantitative estimate of drug-likeness (QED) is 0.0499. The number of hydrogen-bond acceptors (Lipinski definition) is 7. The van der Waals surface area contributed by atoms with Crippen LogP contribution in [-0.4, -0.2) is 42.1 Å². The number of thioether (sulfide) groups is 1. The molecular formula is C29H27ClN6O6S2. The number of aryl methyl sites for hydroxylation is 2. The number of carbonyl (C=O) groups is 2. The van der Waals surface area contributed by atoms with Crippen molar-refractivity contribution in [1.29, 1.82) is 0 Å². The van der Waals surface area contributed by atoms with Crippen molar-refractivity contribution >= 4 is 58.9 Å². The van der Waals surface area contributed by atoms with Gasteiger partial charge in [-0.2, -0.15) is 0 Å². The molecule has 0 unspecified atom stereocenters. The smallest absolute Gasteiger partial charge is 0.335 e. The van der Waals surface area contributed by atoms with Crippen LogP contribution in [0.3, 0.4) is 0 Å². The van der Waals surface area contributed by atoms with E-state index >= 15 is 0 Å². The van der Waals surface area contributed by atoms with Crippen LogP contribution in [0.4, 0.5) is 11.4 Å². The highest BCUT2D eigenvalue weighted by molar-refractivity contribution is 7.98. The second-order valence-corrected chi connectivity index (χ2v) is 9.98. The molecule has 0 bridgehead atoms. The van der Waals surface area contributed by atoms with E-state index in [1.54, 1.807) is 56.3 Å². The van der Waals surface area contributed by atoms with Gasteiger partial charge in [0, 0.05) is 17.3 Å². The summed E-state index contributed by atoms with van der Waals surface area (Å²) in [5.41, 5.74) is 2.20. The van der Waals surface area contributed by atoms with Gasteiger partial charge in [0.1, 0.15) is 0 Å². The molecule has 12 nitrogen and oxygen atoms in total. The second kappa shape index (κ2) is 17.8. The summed E-state index contributed by atoms with van der Waals surface area (Å²) in [5.74, 6) is -1.08. The van der Waals surface area contributed by atoms with Crippen LogP contribution in [0.5, 0.6) is 0 Å². The highest BCUT2D eigenvalue weighted by Crippen LogP contribution is 2.21.